The summed E-state index contributed by atoms with van der Waals surface area (Å²) in [5.74, 6) is 0.980. The van der Waals surface area contributed by atoms with Crippen LogP contribution >= 0.6 is 11.3 Å². The Hall–Kier alpha value is -2.92. The van der Waals surface area contributed by atoms with E-state index in [1.807, 2.05) is 25.3 Å². The molecule has 1 aliphatic heterocycles. The molecule has 0 atom stereocenters. The number of halogens is 1. The maximum absolute atomic E-state index is 13.3. The van der Waals surface area contributed by atoms with E-state index in [2.05, 4.69) is 0 Å². The van der Waals surface area contributed by atoms with Crippen LogP contribution in [0, 0.1) is 19.7 Å². The maximum atomic E-state index is 13.3. The molecule has 3 aromatic rings. The molecule has 0 amide bonds. The minimum Gasteiger partial charge on any atom is -0.489 e. The zero-order valence-corrected chi connectivity index (χ0v) is 15.7. The number of ketones is 1. The lowest BCUT2D eigenvalue weighted by atomic mass is 10.0. The Bertz CT molecular complexity index is 1070. The van der Waals surface area contributed by atoms with E-state index in [9.17, 15) is 9.18 Å². The van der Waals surface area contributed by atoms with Crippen LogP contribution in [0.3, 0.4) is 0 Å². The van der Waals surface area contributed by atoms with E-state index in [0.717, 1.165) is 21.6 Å². The summed E-state index contributed by atoms with van der Waals surface area (Å²) in [6.07, 6.45) is 1.79. The van der Waals surface area contributed by atoms with E-state index in [0.29, 0.717) is 22.8 Å². The highest BCUT2D eigenvalue weighted by Gasteiger charge is 2.30. The summed E-state index contributed by atoms with van der Waals surface area (Å²) in [6.45, 7) is 4.09. The number of carbonyl (C=O) groups excluding carboxylic acids is 1. The predicted octanol–water partition coefficient (Wildman–Crippen LogP) is 5.70. The number of hydrogen-bond acceptors (Lipinski definition) is 4. The van der Waals surface area contributed by atoms with Gasteiger partial charge in [0.1, 0.15) is 23.9 Å². The Balaban J connectivity index is 1.58. The molecule has 27 heavy (non-hydrogen) atoms. The number of ether oxygens (including phenoxy) is 2. The molecule has 0 saturated heterocycles. The number of benzene rings is 2. The van der Waals surface area contributed by atoms with Crippen LogP contribution in [0.1, 0.15) is 31.9 Å². The number of carbonyl (C=O) groups is 1. The van der Waals surface area contributed by atoms with Crippen molar-refractivity contribution in [2.45, 2.75) is 20.5 Å². The molecule has 136 valence electrons. The van der Waals surface area contributed by atoms with Crippen molar-refractivity contribution in [2.75, 3.05) is 0 Å². The van der Waals surface area contributed by atoms with Crippen molar-refractivity contribution >= 4 is 23.2 Å². The minimum absolute atomic E-state index is 0.119. The fraction of sp³-hybridized carbons (Fsp3) is 0.136. The van der Waals surface area contributed by atoms with Gasteiger partial charge in [0.25, 0.3) is 0 Å². The highest BCUT2D eigenvalue weighted by atomic mass is 32.1. The summed E-state index contributed by atoms with van der Waals surface area (Å²) in [7, 11) is 0. The molecule has 0 radical (unpaired) electrons. The Labute approximate surface area is 160 Å². The molecule has 0 unspecified atom stereocenters. The van der Waals surface area contributed by atoms with Gasteiger partial charge in [-0.3, -0.25) is 4.79 Å². The van der Waals surface area contributed by atoms with E-state index in [1.165, 1.54) is 12.1 Å². The second-order valence-electron chi connectivity index (χ2n) is 6.44. The Morgan fingerprint density at radius 3 is 2.74 bits per heavy atom. The summed E-state index contributed by atoms with van der Waals surface area (Å²) in [6, 6.07) is 11.8. The number of rotatable bonds is 4. The van der Waals surface area contributed by atoms with Crippen LogP contribution in [0.2, 0.25) is 0 Å². The van der Waals surface area contributed by atoms with Gasteiger partial charge in [0.15, 0.2) is 5.76 Å². The third kappa shape index (κ3) is 3.51. The summed E-state index contributed by atoms with van der Waals surface area (Å²) in [5, 5.41) is 1.98. The smallest absolute Gasteiger partial charge is 0.232 e. The average Bonchev–Trinajstić information content (AvgIpc) is 3.17. The van der Waals surface area contributed by atoms with Crippen LogP contribution in [0.25, 0.3) is 6.08 Å². The lowest BCUT2D eigenvalue weighted by Gasteiger charge is -2.09. The average molecular weight is 380 g/mol. The van der Waals surface area contributed by atoms with Crippen LogP contribution < -0.4 is 9.47 Å². The molecule has 0 saturated carbocycles. The molecule has 2 aromatic carbocycles. The molecule has 5 heteroatoms. The summed E-state index contributed by atoms with van der Waals surface area (Å²) in [4.78, 5) is 13.7. The molecule has 0 bridgehead atoms. The maximum Gasteiger partial charge on any atom is 0.232 e. The molecular weight excluding hydrogens is 363 g/mol. The molecule has 4 rings (SSSR count). The van der Waals surface area contributed by atoms with Crippen molar-refractivity contribution in [3.05, 3.63) is 86.6 Å². The van der Waals surface area contributed by atoms with Gasteiger partial charge in [-0.15, -0.1) is 11.3 Å². The first kappa shape index (κ1) is 17.5. The van der Waals surface area contributed by atoms with Crippen molar-refractivity contribution in [1.82, 2.24) is 0 Å². The fourth-order valence-electron chi connectivity index (χ4n) is 3.01. The second kappa shape index (κ2) is 7.00. The normalized spacial score (nSPS) is 14.3. The molecule has 3 nitrogen and oxygen atoms in total. The number of thiophene rings is 1. The van der Waals surface area contributed by atoms with Crippen molar-refractivity contribution < 1.29 is 18.7 Å². The first-order valence-electron chi connectivity index (χ1n) is 8.51. The monoisotopic (exact) mass is 380 g/mol. The van der Waals surface area contributed by atoms with E-state index in [1.54, 1.807) is 41.7 Å². The van der Waals surface area contributed by atoms with Gasteiger partial charge in [-0.2, -0.15) is 0 Å². The Kier molecular flexibility index (Phi) is 4.54. The van der Waals surface area contributed by atoms with E-state index < -0.39 is 0 Å². The highest BCUT2D eigenvalue weighted by Crippen LogP contribution is 2.38. The highest BCUT2D eigenvalue weighted by molar-refractivity contribution is 7.11. The van der Waals surface area contributed by atoms with Crippen molar-refractivity contribution in [1.29, 1.82) is 0 Å². The molecule has 1 aliphatic rings. The molecular formula is C22H17FO3S. The number of allylic oxidation sites excluding steroid dienone is 1. The fourth-order valence-corrected chi connectivity index (χ4v) is 3.85. The third-order valence-corrected chi connectivity index (χ3v) is 5.37. The lowest BCUT2D eigenvalue weighted by molar-refractivity contribution is 0.101. The first-order valence-corrected chi connectivity index (χ1v) is 9.39. The zero-order valence-electron chi connectivity index (χ0n) is 14.9. The van der Waals surface area contributed by atoms with E-state index >= 15 is 0 Å². The quantitative estimate of drug-likeness (QED) is 0.545. The number of Topliss-reactive ketones (excluding diaryl/α,β-unsaturated/α-hetero) is 1. The van der Waals surface area contributed by atoms with Crippen LogP contribution in [-0.4, -0.2) is 5.78 Å². The van der Waals surface area contributed by atoms with Crippen LogP contribution in [0.4, 0.5) is 4.39 Å². The van der Waals surface area contributed by atoms with Crippen molar-refractivity contribution in [3.63, 3.8) is 0 Å². The van der Waals surface area contributed by atoms with E-state index in [-0.39, 0.29) is 18.2 Å². The van der Waals surface area contributed by atoms with Gasteiger partial charge >= 0.3 is 0 Å². The third-order valence-electron chi connectivity index (χ3n) is 4.40. The lowest BCUT2D eigenvalue weighted by Crippen LogP contribution is -2.00. The van der Waals surface area contributed by atoms with E-state index in [4.69, 9.17) is 9.47 Å². The molecule has 0 spiro atoms. The second-order valence-corrected chi connectivity index (χ2v) is 7.39. The Morgan fingerprint density at radius 1 is 1.15 bits per heavy atom. The topological polar surface area (TPSA) is 35.5 Å². The molecule has 0 fully saturated rings. The van der Waals surface area contributed by atoms with Gasteiger partial charge in [-0.05, 0) is 60.2 Å². The van der Waals surface area contributed by atoms with Gasteiger partial charge < -0.3 is 9.47 Å². The molecule has 0 aliphatic carbocycles. The SMILES string of the molecule is Cc1ccsc1/C=C1\Oc2cc(OCc3cccc(F)c3)cc(C)c2C1=O. The van der Waals surface area contributed by atoms with Crippen molar-refractivity contribution in [3.8, 4) is 11.5 Å². The predicted molar refractivity (Wildman–Crippen MR) is 104 cm³/mol. The number of fused-ring (bicyclic) bond motifs is 1. The standard InChI is InChI=1S/C22H17FO3S/c1-13-6-7-27-20(13)11-19-22(24)21-14(2)8-17(10-18(21)26-19)25-12-15-4-3-5-16(23)9-15/h3-11H,12H2,1-2H3/b19-11-. The first-order chi connectivity index (χ1) is 13.0. The van der Waals surface area contributed by atoms with Crippen LogP contribution in [0.5, 0.6) is 11.5 Å². The van der Waals surface area contributed by atoms with Gasteiger partial charge in [-0.1, -0.05) is 12.1 Å². The minimum atomic E-state index is -0.297. The number of hydrogen-bond donors (Lipinski definition) is 0. The number of aryl methyl sites for hydroxylation is 2. The van der Waals surface area contributed by atoms with Crippen molar-refractivity contribution in [2.24, 2.45) is 0 Å². The van der Waals surface area contributed by atoms with Gasteiger partial charge in [0.2, 0.25) is 5.78 Å². The zero-order chi connectivity index (χ0) is 19.0. The summed E-state index contributed by atoms with van der Waals surface area (Å²) >= 11 is 1.57. The van der Waals surface area contributed by atoms with Crippen LogP contribution in [0.15, 0.2) is 53.6 Å². The molecule has 1 aromatic heterocycles. The van der Waals surface area contributed by atoms with Gasteiger partial charge in [0.05, 0.1) is 5.56 Å². The summed E-state index contributed by atoms with van der Waals surface area (Å²) < 4.78 is 24.9. The summed E-state index contributed by atoms with van der Waals surface area (Å²) in [5.41, 5.74) is 3.20. The molecule has 0 N–H and O–H groups in total. The Morgan fingerprint density at radius 2 is 2.00 bits per heavy atom. The molecule has 2 heterocycles. The van der Waals surface area contributed by atoms with Gasteiger partial charge in [-0.25, -0.2) is 4.39 Å². The van der Waals surface area contributed by atoms with Gasteiger partial charge in [0, 0.05) is 17.0 Å². The van der Waals surface area contributed by atoms with Crippen LogP contribution in [-0.2, 0) is 6.61 Å². The largest absolute Gasteiger partial charge is 0.489 e.